The van der Waals surface area contributed by atoms with Crippen molar-refractivity contribution in [1.82, 2.24) is 0 Å². The van der Waals surface area contributed by atoms with Crippen LogP contribution in [-0.4, -0.2) is 18.1 Å². The molecule has 0 spiro atoms. The number of hydrogen-bond donors (Lipinski definition) is 0. The van der Waals surface area contributed by atoms with Crippen LogP contribution < -0.4 is 0 Å². The highest BCUT2D eigenvalue weighted by molar-refractivity contribution is 7.99. The predicted molar refractivity (Wildman–Crippen MR) is 62.5 cm³/mol. The topological polar surface area (TPSA) is 21.8 Å². The molecule has 80 valence electrons. The lowest BCUT2D eigenvalue weighted by molar-refractivity contribution is 0.184. The summed E-state index contributed by atoms with van der Waals surface area (Å²) in [5.41, 5.74) is 1.39. The van der Waals surface area contributed by atoms with Gasteiger partial charge in [-0.15, -0.1) is 11.8 Å². The fourth-order valence-electron chi connectivity index (χ4n) is 1.29. The Kier molecular flexibility index (Phi) is 3.69. The van der Waals surface area contributed by atoms with Crippen molar-refractivity contribution in [3.63, 3.8) is 0 Å². The molecule has 15 heavy (non-hydrogen) atoms. The zero-order valence-electron chi connectivity index (χ0n) is 8.46. The molecule has 0 saturated carbocycles. The second kappa shape index (κ2) is 5.24. The van der Waals surface area contributed by atoms with E-state index in [9.17, 15) is 0 Å². The first-order valence-corrected chi connectivity index (χ1v) is 5.98. The number of ether oxygens (including phenoxy) is 2. The molecule has 0 N–H and O–H groups in total. The van der Waals surface area contributed by atoms with Gasteiger partial charge in [0.2, 0.25) is 0 Å². The summed E-state index contributed by atoms with van der Waals surface area (Å²) < 4.78 is 10.6. The Bertz CT molecular complexity index is 309. The highest BCUT2D eigenvalue weighted by Gasteiger charge is 2.34. The van der Waals surface area contributed by atoms with Gasteiger partial charge in [-0.1, -0.05) is 36.9 Å². The second-order valence-electron chi connectivity index (χ2n) is 3.34. The minimum absolute atomic E-state index is 0.0858. The molecule has 2 rings (SSSR count). The number of rotatable bonds is 6. The van der Waals surface area contributed by atoms with Gasteiger partial charge in [0.15, 0.2) is 5.44 Å². The van der Waals surface area contributed by atoms with E-state index in [0.29, 0.717) is 0 Å². The Morgan fingerprint density at radius 1 is 1.53 bits per heavy atom. The monoisotopic (exact) mass is 222 g/mol. The van der Waals surface area contributed by atoms with Crippen LogP contribution in [0.3, 0.4) is 0 Å². The van der Waals surface area contributed by atoms with Crippen LogP contribution in [0.5, 0.6) is 0 Å². The Morgan fingerprint density at radius 3 is 2.87 bits per heavy atom. The van der Waals surface area contributed by atoms with Crippen LogP contribution >= 0.6 is 11.8 Å². The molecule has 1 aromatic carbocycles. The third kappa shape index (κ3) is 3.29. The van der Waals surface area contributed by atoms with Crippen molar-refractivity contribution in [2.45, 2.75) is 17.3 Å². The van der Waals surface area contributed by atoms with Crippen molar-refractivity contribution in [3.8, 4) is 0 Å². The van der Waals surface area contributed by atoms with E-state index in [-0.39, 0.29) is 11.5 Å². The Hall–Kier alpha value is -0.930. The fourth-order valence-corrected chi connectivity index (χ4v) is 2.37. The number of hydrogen-bond acceptors (Lipinski definition) is 3. The smallest absolute Gasteiger partial charge is 0.172 e. The summed E-state index contributed by atoms with van der Waals surface area (Å²) in [6.45, 7) is 4.38. The van der Waals surface area contributed by atoms with E-state index in [2.05, 4.69) is 18.7 Å². The summed E-state index contributed by atoms with van der Waals surface area (Å²) in [6, 6.07) is 10.4. The molecule has 2 unspecified atom stereocenters. The van der Waals surface area contributed by atoms with Crippen LogP contribution in [0.25, 0.3) is 0 Å². The lowest BCUT2D eigenvalue weighted by Crippen LogP contribution is -2.12. The van der Waals surface area contributed by atoms with E-state index in [1.807, 2.05) is 18.2 Å². The van der Waals surface area contributed by atoms with Gasteiger partial charge in [0.1, 0.15) is 6.10 Å². The molecule has 1 aliphatic rings. The average Bonchev–Trinajstić information content (AvgIpc) is 3.09. The summed E-state index contributed by atoms with van der Waals surface area (Å²) in [5.74, 6) is 0.944. The van der Waals surface area contributed by atoms with Gasteiger partial charge in [-0.2, -0.15) is 0 Å². The molecule has 0 bridgehead atoms. The van der Waals surface area contributed by atoms with Crippen LogP contribution in [0.15, 0.2) is 43.2 Å². The van der Waals surface area contributed by atoms with E-state index >= 15 is 0 Å². The Labute approximate surface area is 94.3 Å². The minimum Gasteiger partial charge on any atom is -0.485 e. The third-order valence-corrected chi connectivity index (χ3v) is 3.39. The molecule has 1 heterocycles. The van der Waals surface area contributed by atoms with Crippen molar-refractivity contribution in [3.05, 3.63) is 48.7 Å². The molecular weight excluding hydrogens is 208 g/mol. The zero-order valence-corrected chi connectivity index (χ0v) is 9.28. The molecule has 2 atom stereocenters. The van der Waals surface area contributed by atoms with Gasteiger partial charge < -0.3 is 9.47 Å². The molecular formula is C12H14O2S. The molecule has 0 aromatic heterocycles. The van der Waals surface area contributed by atoms with Crippen molar-refractivity contribution >= 4 is 11.8 Å². The SMILES string of the molecule is C=COC(SCc1ccccc1)C1CO1. The number of benzene rings is 1. The highest BCUT2D eigenvalue weighted by Crippen LogP contribution is 2.29. The Morgan fingerprint density at radius 2 is 2.27 bits per heavy atom. The van der Waals surface area contributed by atoms with Gasteiger partial charge in [0.25, 0.3) is 0 Å². The second-order valence-corrected chi connectivity index (χ2v) is 4.43. The van der Waals surface area contributed by atoms with E-state index in [1.165, 1.54) is 11.8 Å². The molecule has 3 heteroatoms. The largest absolute Gasteiger partial charge is 0.485 e. The van der Waals surface area contributed by atoms with Crippen LogP contribution in [0, 0.1) is 0 Å². The quantitative estimate of drug-likeness (QED) is 0.420. The maximum atomic E-state index is 5.39. The predicted octanol–water partition coefficient (Wildman–Crippen LogP) is 2.80. The summed E-state index contributed by atoms with van der Waals surface area (Å²) in [5, 5.41) is 0. The molecule has 0 radical (unpaired) electrons. The minimum atomic E-state index is 0.0858. The standard InChI is InChI=1S/C12H14O2S/c1-2-13-12(11-8-14-11)15-9-10-6-4-3-5-7-10/h2-7,11-12H,1,8-9H2. The van der Waals surface area contributed by atoms with Gasteiger partial charge in [0.05, 0.1) is 12.9 Å². The molecule has 1 saturated heterocycles. The van der Waals surface area contributed by atoms with Crippen molar-refractivity contribution < 1.29 is 9.47 Å². The summed E-state index contributed by atoms with van der Waals surface area (Å²) in [6.07, 6.45) is 1.74. The van der Waals surface area contributed by atoms with Gasteiger partial charge >= 0.3 is 0 Å². The zero-order chi connectivity index (χ0) is 10.5. The van der Waals surface area contributed by atoms with Gasteiger partial charge in [0, 0.05) is 5.75 Å². The third-order valence-electron chi connectivity index (χ3n) is 2.15. The molecule has 1 aromatic rings. The molecule has 0 amide bonds. The normalized spacial score (nSPS) is 20.7. The van der Waals surface area contributed by atoms with Crippen LogP contribution in [0.2, 0.25) is 0 Å². The van der Waals surface area contributed by atoms with E-state index < -0.39 is 0 Å². The van der Waals surface area contributed by atoms with Crippen molar-refractivity contribution in [2.75, 3.05) is 6.61 Å². The first-order chi connectivity index (χ1) is 7.40. The maximum absolute atomic E-state index is 5.39. The lowest BCUT2D eigenvalue weighted by Gasteiger charge is -2.13. The summed E-state index contributed by atoms with van der Waals surface area (Å²) >= 11 is 1.75. The summed E-state index contributed by atoms with van der Waals surface area (Å²) in [7, 11) is 0. The fraction of sp³-hybridized carbons (Fsp3) is 0.333. The average molecular weight is 222 g/mol. The van der Waals surface area contributed by atoms with Crippen molar-refractivity contribution in [1.29, 1.82) is 0 Å². The van der Waals surface area contributed by atoms with E-state index in [1.54, 1.807) is 11.8 Å². The van der Waals surface area contributed by atoms with Gasteiger partial charge in [-0.05, 0) is 5.56 Å². The van der Waals surface area contributed by atoms with E-state index in [4.69, 9.17) is 9.47 Å². The number of epoxide rings is 1. The first kappa shape index (κ1) is 10.6. The van der Waals surface area contributed by atoms with Crippen LogP contribution in [0.1, 0.15) is 5.56 Å². The lowest BCUT2D eigenvalue weighted by atomic mass is 10.2. The van der Waals surface area contributed by atoms with Crippen LogP contribution in [0.4, 0.5) is 0 Å². The van der Waals surface area contributed by atoms with Gasteiger partial charge in [-0.25, -0.2) is 0 Å². The molecule has 1 aliphatic heterocycles. The molecule has 2 nitrogen and oxygen atoms in total. The Balaban J connectivity index is 1.82. The number of thioether (sulfide) groups is 1. The van der Waals surface area contributed by atoms with Crippen LogP contribution in [-0.2, 0) is 15.2 Å². The first-order valence-electron chi connectivity index (χ1n) is 4.93. The highest BCUT2D eigenvalue weighted by atomic mass is 32.2. The van der Waals surface area contributed by atoms with E-state index in [0.717, 1.165) is 12.4 Å². The van der Waals surface area contributed by atoms with Crippen molar-refractivity contribution in [2.24, 2.45) is 0 Å². The maximum Gasteiger partial charge on any atom is 0.172 e. The molecule has 0 aliphatic carbocycles. The molecule has 1 fully saturated rings. The van der Waals surface area contributed by atoms with Gasteiger partial charge in [-0.3, -0.25) is 0 Å². The summed E-state index contributed by atoms with van der Waals surface area (Å²) in [4.78, 5) is 0.